The molecule has 2 aromatic rings. The van der Waals surface area contributed by atoms with E-state index in [0.717, 1.165) is 10.8 Å². The first-order chi connectivity index (χ1) is 9.00. The van der Waals surface area contributed by atoms with Gasteiger partial charge in [-0.2, -0.15) is 0 Å². The van der Waals surface area contributed by atoms with E-state index >= 15 is 0 Å². The summed E-state index contributed by atoms with van der Waals surface area (Å²) in [4.78, 5) is 0.315. The molecule has 20 heavy (non-hydrogen) atoms. The van der Waals surface area contributed by atoms with E-state index in [0.29, 0.717) is 17.9 Å². The predicted octanol–water partition coefficient (Wildman–Crippen LogP) is 2.28. The lowest BCUT2D eigenvalue weighted by molar-refractivity contribution is 0.572. The molecular weight excluding hydrogens is 296 g/mol. The van der Waals surface area contributed by atoms with Gasteiger partial charge in [-0.05, 0) is 24.8 Å². The Morgan fingerprint density at radius 3 is 2.50 bits per heavy atom. The molecular formula is C14H19ClN2O2S. The second-order valence-electron chi connectivity index (χ2n) is 4.64. The van der Waals surface area contributed by atoms with Crippen molar-refractivity contribution < 1.29 is 8.42 Å². The predicted molar refractivity (Wildman–Crippen MR) is 84.7 cm³/mol. The maximum Gasteiger partial charge on any atom is 0.241 e. The standard InChI is InChI=1S/C14H18N2O2S.ClH/c1-11(15)9-10-16-19(17,18)14-8-4-6-12-5-2-3-7-13(12)14;/h2-8,11,16H,9-10,15H2,1H3;1H. The van der Waals surface area contributed by atoms with Gasteiger partial charge < -0.3 is 5.73 Å². The Hall–Kier alpha value is -1.14. The molecule has 0 amide bonds. The molecule has 0 aromatic heterocycles. The van der Waals surface area contributed by atoms with Gasteiger partial charge in [0.05, 0.1) is 4.90 Å². The summed E-state index contributed by atoms with van der Waals surface area (Å²) >= 11 is 0. The fourth-order valence-corrected chi connectivity index (χ4v) is 3.20. The maximum atomic E-state index is 12.3. The van der Waals surface area contributed by atoms with Crippen molar-refractivity contribution in [3.8, 4) is 0 Å². The van der Waals surface area contributed by atoms with Crippen molar-refractivity contribution in [2.24, 2.45) is 5.73 Å². The Morgan fingerprint density at radius 1 is 1.15 bits per heavy atom. The summed E-state index contributed by atoms with van der Waals surface area (Å²) < 4.78 is 27.1. The van der Waals surface area contributed by atoms with Crippen LogP contribution in [0.4, 0.5) is 0 Å². The van der Waals surface area contributed by atoms with Gasteiger partial charge in [-0.15, -0.1) is 12.4 Å². The topological polar surface area (TPSA) is 72.2 Å². The molecule has 6 heteroatoms. The van der Waals surface area contributed by atoms with E-state index in [1.807, 2.05) is 37.3 Å². The van der Waals surface area contributed by atoms with Gasteiger partial charge in [0, 0.05) is 18.0 Å². The fraction of sp³-hybridized carbons (Fsp3) is 0.286. The first kappa shape index (κ1) is 16.9. The van der Waals surface area contributed by atoms with Crippen molar-refractivity contribution in [2.75, 3.05) is 6.54 Å². The number of sulfonamides is 1. The molecule has 0 fully saturated rings. The van der Waals surface area contributed by atoms with E-state index in [4.69, 9.17) is 5.73 Å². The van der Waals surface area contributed by atoms with E-state index in [1.54, 1.807) is 12.1 Å². The highest BCUT2D eigenvalue weighted by Crippen LogP contribution is 2.22. The highest BCUT2D eigenvalue weighted by molar-refractivity contribution is 7.89. The fourth-order valence-electron chi connectivity index (χ4n) is 1.93. The Kier molecular flexibility index (Phi) is 5.95. The molecule has 0 heterocycles. The van der Waals surface area contributed by atoms with Crippen molar-refractivity contribution in [1.29, 1.82) is 0 Å². The molecule has 0 aliphatic rings. The number of fused-ring (bicyclic) bond motifs is 1. The summed E-state index contributed by atoms with van der Waals surface area (Å²) in [6.07, 6.45) is 0.615. The lowest BCUT2D eigenvalue weighted by Crippen LogP contribution is -2.29. The minimum atomic E-state index is -3.49. The van der Waals surface area contributed by atoms with Crippen molar-refractivity contribution >= 4 is 33.2 Å². The molecule has 0 radical (unpaired) electrons. The van der Waals surface area contributed by atoms with Crippen LogP contribution in [0.15, 0.2) is 47.4 Å². The highest BCUT2D eigenvalue weighted by atomic mass is 35.5. The quantitative estimate of drug-likeness (QED) is 0.889. The molecule has 0 spiro atoms. The molecule has 0 bridgehead atoms. The summed E-state index contributed by atoms with van der Waals surface area (Å²) in [5, 5.41) is 1.65. The van der Waals surface area contributed by atoms with E-state index in [9.17, 15) is 8.42 Å². The van der Waals surface area contributed by atoms with E-state index in [2.05, 4.69) is 4.72 Å². The van der Waals surface area contributed by atoms with E-state index in [1.165, 1.54) is 0 Å². The van der Waals surface area contributed by atoms with E-state index < -0.39 is 10.0 Å². The first-order valence-corrected chi connectivity index (χ1v) is 7.72. The van der Waals surface area contributed by atoms with Gasteiger partial charge in [-0.25, -0.2) is 13.1 Å². The zero-order valence-electron chi connectivity index (χ0n) is 11.2. The first-order valence-electron chi connectivity index (χ1n) is 6.24. The molecule has 1 atom stereocenters. The lowest BCUT2D eigenvalue weighted by Gasteiger charge is -2.10. The monoisotopic (exact) mass is 314 g/mol. The van der Waals surface area contributed by atoms with Crippen molar-refractivity contribution in [2.45, 2.75) is 24.3 Å². The zero-order valence-corrected chi connectivity index (χ0v) is 12.9. The maximum absolute atomic E-state index is 12.3. The third-order valence-electron chi connectivity index (χ3n) is 2.93. The summed E-state index contributed by atoms with van der Waals surface area (Å²) in [6.45, 7) is 2.20. The zero-order chi connectivity index (χ0) is 13.9. The molecule has 1 unspecified atom stereocenters. The van der Waals surface area contributed by atoms with Crippen LogP contribution in [-0.4, -0.2) is 21.0 Å². The van der Waals surface area contributed by atoms with Crippen LogP contribution < -0.4 is 10.5 Å². The number of nitrogens with two attached hydrogens (primary N) is 1. The third-order valence-corrected chi connectivity index (χ3v) is 4.45. The van der Waals surface area contributed by atoms with Gasteiger partial charge in [0.25, 0.3) is 0 Å². The number of halogens is 1. The number of rotatable bonds is 5. The van der Waals surface area contributed by atoms with Crippen molar-refractivity contribution in [3.05, 3.63) is 42.5 Å². The molecule has 4 nitrogen and oxygen atoms in total. The Bertz CT molecular complexity index is 666. The normalized spacial score (nSPS) is 12.9. The van der Waals surface area contributed by atoms with Gasteiger partial charge >= 0.3 is 0 Å². The van der Waals surface area contributed by atoms with Crippen molar-refractivity contribution in [3.63, 3.8) is 0 Å². The summed E-state index contributed by atoms with van der Waals surface area (Å²) in [6, 6.07) is 12.7. The highest BCUT2D eigenvalue weighted by Gasteiger charge is 2.16. The van der Waals surface area contributed by atoms with E-state index in [-0.39, 0.29) is 18.4 Å². The van der Waals surface area contributed by atoms with Gasteiger partial charge in [-0.3, -0.25) is 0 Å². The van der Waals surface area contributed by atoms with Crippen LogP contribution >= 0.6 is 12.4 Å². The average molecular weight is 315 g/mol. The largest absolute Gasteiger partial charge is 0.328 e. The second-order valence-corrected chi connectivity index (χ2v) is 6.38. The number of hydrogen-bond donors (Lipinski definition) is 2. The number of nitrogens with one attached hydrogen (secondary N) is 1. The van der Waals surface area contributed by atoms with Crippen LogP contribution in [0.25, 0.3) is 10.8 Å². The van der Waals surface area contributed by atoms with Crippen LogP contribution in [0.1, 0.15) is 13.3 Å². The smallest absolute Gasteiger partial charge is 0.241 e. The molecule has 2 rings (SSSR count). The molecule has 3 N–H and O–H groups in total. The second kappa shape index (κ2) is 7.04. The SMILES string of the molecule is CC(N)CCNS(=O)(=O)c1cccc2ccccc12.Cl. The lowest BCUT2D eigenvalue weighted by atomic mass is 10.1. The van der Waals surface area contributed by atoms with Crippen LogP contribution in [-0.2, 0) is 10.0 Å². The molecule has 0 aliphatic carbocycles. The Balaban J connectivity index is 0.00000200. The van der Waals surface area contributed by atoms with Gasteiger partial charge in [0.2, 0.25) is 10.0 Å². The van der Waals surface area contributed by atoms with Crippen LogP contribution in [0.5, 0.6) is 0 Å². The molecule has 0 saturated heterocycles. The van der Waals surface area contributed by atoms with Gasteiger partial charge in [0.1, 0.15) is 0 Å². The number of benzene rings is 2. The minimum Gasteiger partial charge on any atom is -0.328 e. The third kappa shape index (κ3) is 3.93. The van der Waals surface area contributed by atoms with Crippen LogP contribution in [0.3, 0.4) is 0 Å². The average Bonchev–Trinajstić information content (AvgIpc) is 2.37. The summed E-state index contributed by atoms with van der Waals surface area (Å²) in [7, 11) is -3.49. The number of hydrogen-bond acceptors (Lipinski definition) is 3. The van der Waals surface area contributed by atoms with Crippen LogP contribution in [0, 0.1) is 0 Å². The Morgan fingerprint density at radius 2 is 1.80 bits per heavy atom. The minimum absolute atomic E-state index is 0. The molecule has 2 aromatic carbocycles. The molecule has 110 valence electrons. The summed E-state index contributed by atoms with van der Waals surface area (Å²) in [5.41, 5.74) is 5.62. The summed E-state index contributed by atoms with van der Waals surface area (Å²) in [5.74, 6) is 0. The van der Waals surface area contributed by atoms with Crippen LogP contribution in [0.2, 0.25) is 0 Å². The van der Waals surface area contributed by atoms with Crippen molar-refractivity contribution in [1.82, 2.24) is 4.72 Å². The Labute approximate surface area is 125 Å². The van der Waals surface area contributed by atoms with Gasteiger partial charge in [-0.1, -0.05) is 36.4 Å². The molecule has 0 saturated carbocycles. The molecule has 0 aliphatic heterocycles. The van der Waals surface area contributed by atoms with Gasteiger partial charge in [0.15, 0.2) is 0 Å².